The number of nitrogens with zero attached hydrogens (tertiary/aromatic N) is 2. The average Bonchev–Trinajstić information content (AvgIpc) is 3.27. The molecule has 0 atom stereocenters. The first-order valence-electron chi connectivity index (χ1n) is 10.4. The zero-order valence-electron chi connectivity index (χ0n) is 17.6. The summed E-state index contributed by atoms with van der Waals surface area (Å²) >= 11 is 0. The van der Waals surface area contributed by atoms with Gasteiger partial charge in [0.25, 0.3) is 5.91 Å². The highest BCUT2D eigenvalue weighted by Gasteiger charge is 2.11. The molecule has 1 saturated heterocycles. The monoisotopic (exact) mass is 409 g/mol. The van der Waals surface area contributed by atoms with Crippen LogP contribution in [0.25, 0.3) is 0 Å². The number of primary amides is 1. The van der Waals surface area contributed by atoms with E-state index in [-0.39, 0.29) is 6.61 Å². The molecule has 0 spiro atoms. The SMILES string of the molecule is CN=C(NCc1ccc(CN2CCCC2)cc1)NCc1cccc(OCC(N)=O)c1. The Balaban J connectivity index is 1.44. The molecule has 30 heavy (non-hydrogen) atoms. The minimum Gasteiger partial charge on any atom is -0.484 e. The molecule has 4 N–H and O–H groups in total. The van der Waals surface area contributed by atoms with Gasteiger partial charge >= 0.3 is 0 Å². The van der Waals surface area contributed by atoms with Crippen molar-refractivity contribution in [1.82, 2.24) is 15.5 Å². The first-order chi connectivity index (χ1) is 14.6. The largest absolute Gasteiger partial charge is 0.484 e. The maximum atomic E-state index is 10.9. The molecular formula is C23H31N5O2. The second-order valence-electron chi connectivity index (χ2n) is 7.48. The van der Waals surface area contributed by atoms with Crippen LogP contribution in [0.1, 0.15) is 29.5 Å². The lowest BCUT2D eigenvalue weighted by atomic mass is 10.1. The van der Waals surface area contributed by atoms with Crippen LogP contribution >= 0.6 is 0 Å². The van der Waals surface area contributed by atoms with Crippen molar-refractivity contribution in [3.05, 3.63) is 65.2 Å². The molecule has 0 saturated carbocycles. The fourth-order valence-electron chi connectivity index (χ4n) is 3.45. The summed E-state index contributed by atoms with van der Waals surface area (Å²) in [5, 5.41) is 6.63. The van der Waals surface area contributed by atoms with Gasteiger partial charge in [-0.2, -0.15) is 0 Å². The summed E-state index contributed by atoms with van der Waals surface area (Å²) in [6.45, 7) is 4.63. The van der Waals surface area contributed by atoms with Crippen LogP contribution in [-0.2, 0) is 24.4 Å². The number of ether oxygens (including phenoxy) is 1. The summed E-state index contributed by atoms with van der Waals surface area (Å²) in [4.78, 5) is 17.6. The standard InChI is InChI=1S/C23H31N5O2/c1-25-23(27-15-20-5-4-6-21(13-20)30-17-22(24)29)26-14-18-7-9-19(10-8-18)16-28-11-2-3-12-28/h4-10,13H,2-3,11-12,14-17H2,1H3,(H2,24,29)(H2,25,26,27). The third kappa shape index (κ3) is 7.08. The molecule has 0 bridgehead atoms. The van der Waals surface area contributed by atoms with Crippen LogP contribution in [0.5, 0.6) is 5.75 Å². The lowest BCUT2D eigenvalue weighted by molar-refractivity contribution is -0.119. The van der Waals surface area contributed by atoms with Crippen molar-refractivity contribution in [2.45, 2.75) is 32.5 Å². The number of likely N-dealkylation sites (tertiary alicyclic amines) is 1. The molecule has 1 amide bonds. The van der Waals surface area contributed by atoms with Crippen LogP contribution < -0.4 is 21.1 Å². The van der Waals surface area contributed by atoms with Crippen molar-refractivity contribution in [2.75, 3.05) is 26.7 Å². The summed E-state index contributed by atoms with van der Waals surface area (Å²) < 4.78 is 5.35. The van der Waals surface area contributed by atoms with E-state index in [0.29, 0.717) is 18.8 Å². The Morgan fingerprint density at radius 3 is 2.37 bits per heavy atom. The molecule has 7 heteroatoms. The summed E-state index contributed by atoms with van der Waals surface area (Å²) in [5.74, 6) is 0.844. The van der Waals surface area contributed by atoms with Crippen molar-refractivity contribution >= 4 is 11.9 Å². The molecule has 0 unspecified atom stereocenters. The van der Waals surface area contributed by atoms with E-state index >= 15 is 0 Å². The molecule has 1 aliphatic heterocycles. The van der Waals surface area contributed by atoms with Gasteiger partial charge in [0, 0.05) is 26.7 Å². The summed E-state index contributed by atoms with van der Waals surface area (Å²) in [6, 6.07) is 16.3. The lowest BCUT2D eigenvalue weighted by Crippen LogP contribution is -2.36. The van der Waals surface area contributed by atoms with E-state index in [4.69, 9.17) is 10.5 Å². The fourth-order valence-corrected chi connectivity index (χ4v) is 3.45. The highest BCUT2D eigenvalue weighted by atomic mass is 16.5. The molecule has 3 rings (SSSR count). The number of nitrogens with one attached hydrogen (secondary N) is 2. The molecule has 2 aromatic rings. The Morgan fingerprint density at radius 2 is 1.70 bits per heavy atom. The van der Waals surface area contributed by atoms with Crippen LogP contribution in [0.3, 0.4) is 0 Å². The van der Waals surface area contributed by atoms with E-state index in [2.05, 4.69) is 44.8 Å². The number of amides is 1. The fraction of sp³-hybridized carbons (Fsp3) is 0.391. The minimum atomic E-state index is -0.493. The molecular weight excluding hydrogens is 378 g/mol. The predicted molar refractivity (Wildman–Crippen MR) is 119 cm³/mol. The second kappa shape index (κ2) is 11.2. The van der Waals surface area contributed by atoms with E-state index in [0.717, 1.165) is 18.1 Å². The van der Waals surface area contributed by atoms with Gasteiger partial charge in [-0.15, -0.1) is 0 Å². The van der Waals surface area contributed by atoms with E-state index in [9.17, 15) is 4.79 Å². The topological polar surface area (TPSA) is 92.0 Å². The van der Waals surface area contributed by atoms with Crippen LogP contribution in [-0.4, -0.2) is 43.5 Å². The molecule has 1 aliphatic rings. The predicted octanol–water partition coefficient (Wildman–Crippen LogP) is 2.01. The number of rotatable bonds is 9. The highest BCUT2D eigenvalue weighted by molar-refractivity contribution is 5.79. The number of hydrogen-bond donors (Lipinski definition) is 3. The molecule has 7 nitrogen and oxygen atoms in total. The van der Waals surface area contributed by atoms with Gasteiger partial charge in [0.15, 0.2) is 12.6 Å². The summed E-state index contributed by atoms with van der Waals surface area (Å²) in [6.07, 6.45) is 2.64. The van der Waals surface area contributed by atoms with Gasteiger partial charge < -0.3 is 21.1 Å². The molecule has 1 fully saturated rings. The Kier molecular flexibility index (Phi) is 8.09. The van der Waals surface area contributed by atoms with Gasteiger partial charge in [-0.05, 0) is 54.8 Å². The van der Waals surface area contributed by atoms with Crippen molar-refractivity contribution in [2.24, 2.45) is 10.7 Å². The molecule has 1 heterocycles. The second-order valence-corrected chi connectivity index (χ2v) is 7.48. The number of aliphatic imine (C=N–C) groups is 1. The lowest BCUT2D eigenvalue weighted by Gasteiger charge is -2.15. The number of benzene rings is 2. The van der Waals surface area contributed by atoms with Crippen LogP contribution in [0.2, 0.25) is 0 Å². The van der Waals surface area contributed by atoms with Gasteiger partial charge in [-0.1, -0.05) is 36.4 Å². The van der Waals surface area contributed by atoms with Gasteiger partial charge in [0.2, 0.25) is 0 Å². The Labute approximate surface area is 178 Å². The highest BCUT2D eigenvalue weighted by Crippen LogP contribution is 2.14. The number of hydrogen-bond acceptors (Lipinski definition) is 4. The van der Waals surface area contributed by atoms with Gasteiger partial charge in [0.1, 0.15) is 5.75 Å². The average molecular weight is 410 g/mol. The van der Waals surface area contributed by atoms with E-state index < -0.39 is 5.91 Å². The van der Waals surface area contributed by atoms with Crippen molar-refractivity contribution in [3.63, 3.8) is 0 Å². The van der Waals surface area contributed by atoms with Crippen molar-refractivity contribution in [3.8, 4) is 5.75 Å². The number of carbonyl (C=O) groups excluding carboxylic acids is 1. The zero-order chi connectivity index (χ0) is 21.2. The van der Waals surface area contributed by atoms with Crippen molar-refractivity contribution < 1.29 is 9.53 Å². The Hall–Kier alpha value is -3.06. The molecule has 2 aromatic carbocycles. The third-order valence-electron chi connectivity index (χ3n) is 5.05. The Bertz CT molecular complexity index is 845. The van der Waals surface area contributed by atoms with Crippen LogP contribution in [0.15, 0.2) is 53.5 Å². The molecule has 0 aromatic heterocycles. The van der Waals surface area contributed by atoms with E-state index in [1.54, 1.807) is 13.1 Å². The molecule has 160 valence electrons. The van der Waals surface area contributed by atoms with Gasteiger partial charge in [0.05, 0.1) is 0 Å². The maximum absolute atomic E-state index is 10.9. The van der Waals surface area contributed by atoms with E-state index in [1.807, 2.05) is 18.2 Å². The smallest absolute Gasteiger partial charge is 0.255 e. The molecule has 0 radical (unpaired) electrons. The maximum Gasteiger partial charge on any atom is 0.255 e. The summed E-state index contributed by atoms with van der Waals surface area (Å²) in [5.41, 5.74) is 8.71. The number of guanidine groups is 1. The zero-order valence-corrected chi connectivity index (χ0v) is 17.6. The minimum absolute atomic E-state index is 0.128. The van der Waals surface area contributed by atoms with Gasteiger partial charge in [-0.25, -0.2) is 0 Å². The first kappa shape index (κ1) is 21.6. The van der Waals surface area contributed by atoms with Crippen LogP contribution in [0.4, 0.5) is 0 Å². The van der Waals surface area contributed by atoms with Gasteiger partial charge in [-0.3, -0.25) is 14.7 Å². The van der Waals surface area contributed by atoms with Crippen molar-refractivity contribution in [1.29, 1.82) is 0 Å². The van der Waals surface area contributed by atoms with Crippen LogP contribution in [0, 0.1) is 0 Å². The van der Waals surface area contributed by atoms with E-state index in [1.165, 1.54) is 37.1 Å². The third-order valence-corrected chi connectivity index (χ3v) is 5.05. The summed E-state index contributed by atoms with van der Waals surface area (Å²) in [7, 11) is 1.75. The number of carbonyl (C=O) groups is 1. The molecule has 0 aliphatic carbocycles. The normalized spacial score (nSPS) is 14.5. The number of nitrogens with two attached hydrogens (primary N) is 1. The Morgan fingerprint density at radius 1 is 1.03 bits per heavy atom. The quantitative estimate of drug-likeness (QED) is 0.435. The first-order valence-corrected chi connectivity index (χ1v) is 10.4.